The van der Waals surface area contributed by atoms with Gasteiger partial charge in [0.05, 0.1) is 5.56 Å². The molecule has 0 radical (unpaired) electrons. The molecule has 1 aromatic rings. The topological polar surface area (TPSA) is 60.5 Å². The largest absolute Gasteiger partial charge is 0.417 e. The Hall–Kier alpha value is -1.64. The summed E-state index contributed by atoms with van der Waals surface area (Å²) in [7, 11) is 0. The number of allylic oxidation sites excluding steroid dienone is 2. The van der Waals surface area contributed by atoms with Crippen molar-refractivity contribution in [1.29, 1.82) is 10.5 Å². The van der Waals surface area contributed by atoms with Crippen molar-refractivity contribution in [1.82, 2.24) is 4.98 Å². The molecule has 1 aromatic heterocycles. The third kappa shape index (κ3) is 2.30. The second-order valence-electron chi connectivity index (χ2n) is 3.11. The molecule has 0 saturated heterocycles. The molecule has 3 nitrogen and oxygen atoms in total. The molecule has 1 aliphatic heterocycles. The van der Waals surface area contributed by atoms with E-state index in [1.165, 1.54) is 0 Å². The molecule has 0 aromatic carbocycles. The molecule has 0 N–H and O–H groups in total. The van der Waals surface area contributed by atoms with Crippen LogP contribution in [-0.2, 0) is 6.18 Å². The highest BCUT2D eigenvalue weighted by molar-refractivity contribution is 8.09. The fourth-order valence-corrected chi connectivity index (χ4v) is 3.06. The Balaban J connectivity index is 2.46. The van der Waals surface area contributed by atoms with Gasteiger partial charge in [-0.2, -0.15) is 23.7 Å². The zero-order valence-electron chi connectivity index (χ0n) is 8.45. The van der Waals surface area contributed by atoms with Gasteiger partial charge in [0.2, 0.25) is 0 Å². The quantitative estimate of drug-likeness (QED) is 0.729. The van der Waals surface area contributed by atoms with Crippen molar-refractivity contribution in [2.45, 2.75) is 16.1 Å². The number of hydrogen-bond donors (Lipinski definition) is 0. The molecule has 0 unspecified atom stereocenters. The molecule has 0 fully saturated rings. The van der Waals surface area contributed by atoms with E-state index in [4.69, 9.17) is 10.5 Å². The summed E-state index contributed by atoms with van der Waals surface area (Å²) in [5.74, 6) is 0. The monoisotopic (exact) mass is 285 g/mol. The minimum absolute atomic E-state index is 0.0936. The molecule has 0 atom stereocenters. The Kier molecular flexibility index (Phi) is 3.24. The molecule has 0 aliphatic carbocycles. The average Bonchev–Trinajstić information content (AvgIpc) is 2.35. The van der Waals surface area contributed by atoms with Gasteiger partial charge < -0.3 is 0 Å². The van der Waals surface area contributed by atoms with Crippen molar-refractivity contribution in [3.8, 4) is 12.1 Å². The Morgan fingerprint density at radius 3 is 2.28 bits per heavy atom. The Labute approximate surface area is 108 Å². The summed E-state index contributed by atoms with van der Waals surface area (Å²) in [6.07, 6.45) is -3.75. The lowest BCUT2D eigenvalue weighted by atomic mass is 10.3. The van der Waals surface area contributed by atoms with E-state index in [9.17, 15) is 13.2 Å². The van der Waals surface area contributed by atoms with Gasteiger partial charge in [-0.3, -0.25) is 0 Å². The van der Waals surface area contributed by atoms with E-state index in [1.54, 1.807) is 6.07 Å². The van der Waals surface area contributed by atoms with Crippen LogP contribution in [0.4, 0.5) is 13.2 Å². The fourth-order valence-electron chi connectivity index (χ4n) is 1.18. The molecule has 0 saturated carbocycles. The van der Waals surface area contributed by atoms with E-state index in [-0.39, 0.29) is 14.7 Å². The van der Waals surface area contributed by atoms with Crippen molar-refractivity contribution in [2.24, 2.45) is 0 Å². The first kappa shape index (κ1) is 12.8. The molecular weight excluding hydrogens is 283 g/mol. The SMILES string of the molecule is N#CC1=C(C#N)Sc2ncc(C(F)(F)F)cc2S1. The standard InChI is InChI=1S/C10H2F3N3S2/c11-10(12,13)5-1-6-9(16-4-5)18-8(3-15)7(2-14)17-6/h1,4H. The number of hydrogen-bond acceptors (Lipinski definition) is 5. The zero-order chi connectivity index (χ0) is 13.3. The van der Waals surface area contributed by atoms with Crippen LogP contribution in [0.1, 0.15) is 5.56 Å². The van der Waals surface area contributed by atoms with Gasteiger partial charge in [-0.1, -0.05) is 23.5 Å². The Morgan fingerprint density at radius 2 is 1.72 bits per heavy atom. The third-order valence-corrected chi connectivity index (χ3v) is 4.27. The molecule has 2 heterocycles. The lowest BCUT2D eigenvalue weighted by Crippen LogP contribution is -2.07. The van der Waals surface area contributed by atoms with Gasteiger partial charge in [-0.05, 0) is 6.07 Å². The van der Waals surface area contributed by atoms with Crippen LogP contribution < -0.4 is 0 Å². The zero-order valence-corrected chi connectivity index (χ0v) is 10.1. The highest BCUT2D eigenvalue weighted by Crippen LogP contribution is 2.46. The van der Waals surface area contributed by atoms with E-state index in [2.05, 4.69) is 4.98 Å². The maximum Gasteiger partial charge on any atom is 0.417 e. The summed E-state index contributed by atoms with van der Waals surface area (Å²) in [5.41, 5.74) is -0.868. The average molecular weight is 285 g/mol. The highest BCUT2D eigenvalue weighted by Gasteiger charge is 2.33. The van der Waals surface area contributed by atoms with Gasteiger partial charge in [0.15, 0.2) is 0 Å². The van der Waals surface area contributed by atoms with Crippen molar-refractivity contribution in [2.75, 3.05) is 0 Å². The number of halogens is 3. The second-order valence-corrected chi connectivity index (χ2v) is 5.16. The minimum atomic E-state index is -4.47. The first-order valence-corrected chi connectivity index (χ1v) is 6.06. The predicted molar refractivity (Wildman–Crippen MR) is 59.2 cm³/mol. The third-order valence-electron chi connectivity index (χ3n) is 1.97. The summed E-state index contributed by atoms with van der Waals surface area (Å²) < 4.78 is 37.5. The summed E-state index contributed by atoms with van der Waals surface area (Å²) in [6, 6.07) is 4.56. The smallest absolute Gasteiger partial charge is 0.248 e. The van der Waals surface area contributed by atoms with Gasteiger partial charge in [0.1, 0.15) is 27.0 Å². The molecule has 0 spiro atoms. The molecule has 8 heteroatoms. The summed E-state index contributed by atoms with van der Waals surface area (Å²) >= 11 is 1.74. The lowest BCUT2D eigenvalue weighted by Gasteiger charge is -2.15. The summed E-state index contributed by atoms with van der Waals surface area (Å²) in [5, 5.41) is 17.9. The van der Waals surface area contributed by atoms with Crippen molar-refractivity contribution >= 4 is 23.5 Å². The maximum absolute atomic E-state index is 12.5. The van der Waals surface area contributed by atoms with Crippen LogP contribution >= 0.6 is 23.5 Å². The van der Waals surface area contributed by atoms with Crippen LogP contribution in [0.5, 0.6) is 0 Å². The molecule has 0 bridgehead atoms. The van der Waals surface area contributed by atoms with Crippen LogP contribution in [0.2, 0.25) is 0 Å². The number of alkyl halides is 3. The minimum Gasteiger partial charge on any atom is -0.248 e. The number of rotatable bonds is 0. The Bertz CT molecular complexity index is 623. The Morgan fingerprint density at radius 1 is 1.11 bits per heavy atom. The van der Waals surface area contributed by atoms with Crippen molar-refractivity contribution in [3.05, 3.63) is 27.6 Å². The molecule has 18 heavy (non-hydrogen) atoms. The van der Waals surface area contributed by atoms with E-state index < -0.39 is 11.7 Å². The van der Waals surface area contributed by atoms with Gasteiger partial charge in [-0.15, -0.1) is 0 Å². The number of nitrogens with zero attached hydrogens (tertiary/aromatic N) is 3. The van der Waals surface area contributed by atoms with Crippen molar-refractivity contribution < 1.29 is 13.2 Å². The molecule has 1 aliphatic rings. The summed E-state index contributed by atoms with van der Waals surface area (Å²) in [6.45, 7) is 0. The van der Waals surface area contributed by atoms with Crippen LogP contribution in [0.25, 0.3) is 0 Å². The predicted octanol–water partition coefficient (Wildman–Crippen LogP) is 3.56. The van der Waals surface area contributed by atoms with E-state index in [1.807, 2.05) is 6.07 Å². The number of nitriles is 2. The van der Waals surface area contributed by atoms with Gasteiger partial charge in [0, 0.05) is 11.1 Å². The number of fused-ring (bicyclic) bond motifs is 1. The van der Waals surface area contributed by atoms with Crippen LogP contribution in [0.3, 0.4) is 0 Å². The van der Waals surface area contributed by atoms with Gasteiger partial charge >= 0.3 is 6.18 Å². The lowest BCUT2D eigenvalue weighted by molar-refractivity contribution is -0.138. The van der Waals surface area contributed by atoms with Crippen LogP contribution in [-0.4, -0.2) is 4.98 Å². The molecular formula is C10H2F3N3S2. The summed E-state index contributed by atoms with van der Waals surface area (Å²) in [4.78, 5) is 4.17. The first-order chi connectivity index (χ1) is 8.45. The molecule has 0 amide bonds. The molecule has 90 valence electrons. The molecule has 2 rings (SSSR count). The number of pyridine rings is 1. The first-order valence-electron chi connectivity index (χ1n) is 4.43. The highest BCUT2D eigenvalue weighted by atomic mass is 32.2. The van der Waals surface area contributed by atoms with Gasteiger partial charge in [-0.25, -0.2) is 4.98 Å². The van der Waals surface area contributed by atoms with Crippen LogP contribution in [0, 0.1) is 22.7 Å². The number of aromatic nitrogens is 1. The van der Waals surface area contributed by atoms with E-state index in [0.717, 1.165) is 35.8 Å². The maximum atomic E-state index is 12.5. The van der Waals surface area contributed by atoms with E-state index >= 15 is 0 Å². The normalized spacial score (nSPS) is 14.7. The second kappa shape index (κ2) is 4.56. The number of thioether (sulfide) groups is 2. The van der Waals surface area contributed by atoms with Gasteiger partial charge in [0.25, 0.3) is 0 Å². The van der Waals surface area contributed by atoms with E-state index in [0.29, 0.717) is 5.03 Å². The van der Waals surface area contributed by atoms with Crippen LogP contribution in [0.15, 0.2) is 32.0 Å². The van der Waals surface area contributed by atoms with Crippen molar-refractivity contribution in [3.63, 3.8) is 0 Å². The fraction of sp³-hybridized carbons (Fsp3) is 0.100.